The van der Waals surface area contributed by atoms with Crippen LogP contribution in [0.4, 0.5) is 0 Å². The van der Waals surface area contributed by atoms with Crippen molar-refractivity contribution in [1.29, 1.82) is 0 Å². The van der Waals surface area contributed by atoms with Crippen LogP contribution in [-0.4, -0.2) is 9.13 Å². The van der Waals surface area contributed by atoms with Crippen molar-refractivity contribution in [2.45, 2.75) is 0 Å². The highest BCUT2D eigenvalue weighted by Gasteiger charge is 2.20. The number of fused-ring (bicyclic) bond motifs is 7. The number of rotatable bonds is 5. The van der Waals surface area contributed by atoms with Gasteiger partial charge in [-0.2, -0.15) is 0 Å². The lowest BCUT2D eigenvalue weighted by atomic mass is 10.00. The van der Waals surface area contributed by atoms with Gasteiger partial charge in [0.05, 0.1) is 28.9 Å². The summed E-state index contributed by atoms with van der Waals surface area (Å²) in [6.07, 6.45) is 0. The van der Waals surface area contributed by atoms with Crippen LogP contribution < -0.4 is 0 Å². The minimum Gasteiger partial charge on any atom is -0.309 e. The predicted octanol–water partition coefficient (Wildman–Crippen LogP) is 12.9. The predicted molar refractivity (Wildman–Crippen MR) is 211 cm³/mol. The van der Waals surface area contributed by atoms with Crippen LogP contribution in [0, 0.1) is 0 Å². The fourth-order valence-corrected chi connectivity index (χ4v) is 7.58. The van der Waals surface area contributed by atoms with Crippen LogP contribution in [0.15, 0.2) is 194 Å². The molecule has 2 aromatic heterocycles. The molecular formula is C48H32N2. The second-order valence-corrected chi connectivity index (χ2v) is 12.6. The van der Waals surface area contributed by atoms with Crippen LogP contribution in [0.3, 0.4) is 0 Å². The van der Waals surface area contributed by atoms with E-state index in [1.54, 1.807) is 0 Å². The van der Waals surface area contributed by atoms with Gasteiger partial charge in [-0.3, -0.25) is 0 Å². The molecular weight excluding hydrogens is 605 g/mol. The average Bonchev–Trinajstić information content (AvgIpc) is 3.76. The first-order chi connectivity index (χ1) is 26.9. The number of nitrogens with zero attached hydrogens (tertiary/aromatic N) is 2. The molecule has 234 valence electrons. The summed E-state index contributed by atoms with van der Waals surface area (Å²) < 4.78 is 45.8. The summed E-state index contributed by atoms with van der Waals surface area (Å²) in [6, 6.07) is 55.6. The molecule has 10 rings (SSSR count). The third-order valence-electron chi connectivity index (χ3n) is 9.79. The monoisotopic (exact) mass is 641 g/mol. The molecule has 8 aromatic carbocycles. The topological polar surface area (TPSA) is 9.86 Å². The highest BCUT2D eigenvalue weighted by molar-refractivity contribution is 6.28. The van der Waals surface area contributed by atoms with Crippen molar-refractivity contribution >= 4 is 43.6 Å². The molecule has 0 unspecified atom stereocenters. The Morgan fingerprint density at radius 1 is 0.320 bits per heavy atom. The highest BCUT2D eigenvalue weighted by atomic mass is 15.0. The van der Waals surface area contributed by atoms with Gasteiger partial charge in [-0.15, -0.1) is 0 Å². The fraction of sp³-hybridized carbons (Fsp3) is 0. The first kappa shape index (κ1) is 23.6. The van der Waals surface area contributed by atoms with Gasteiger partial charge in [-0.1, -0.05) is 145 Å². The van der Waals surface area contributed by atoms with E-state index in [-0.39, 0.29) is 29.7 Å². The Hall–Kier alpha value is -6.64. The maximum absolute atomic E-state index is 8.43. The Labute approximate surface area is 297 Å². The van der Waals surface area contributed by atoms with E-state index in [0.717, 1.165) is 44.6 Å². The third kappa shape index (κ3) is 4.50. The molecule has 2 nitrogen and oxygen atoms in total. The van der Waals surface area contributed by atoms with Crippen LogP contribution in [0.2, 0.25) is 0 Å². The van der Waals surface area contributed by atoms with E-state index >= 15 is 0 Å². The molecule has 0 radical (unpaired) electrons. The number of benzene rings is 8. The van der Waals surface area contributed by atoms with E-state index in [1.807, 2.05) is 30.3 Å². The molecule has 0 aliphatic rings. The maximum Gasteiger partial charge on any atom is 0.0629 e. The summed E-state index contributed by atoms with van der Waals surface area (Å²) in [4.78, 5) is 0. The van der Waals surface area contributed by atoms with E-state index in [0.29, 0.717) is 5.56 Å². The largest absolute Gasteiger partial charge is 0.309 e. The molecule has 2 heterocycles. The zero-order valence-corrected chi connectivity index (χ0v) is 27.0. The maximum atomic E-state index is 8.43. The van der Waals surface area contributed by atoms with Gasteiger partial charge in [-0.25, -0.2) is 0 Å². The van der Waals surface area contributed by atoms with Crippen molar-refractivity contribution in [3.05, 3.63) is 194 Å². The second kappa shape index (κ2) is 11.5. The molecule has 0 saturated heterocycles. The van der Waals surface area contributed by atoms with E-state index < -0.39 is 6.04 Å². The van der Waals surface area contributed by atoms with Crippen LogP contribution >= 0.6 is 0 Å². The Morgan fingerprint density at radius 2 is 0.760 bits per heavy atom. The van der Waals surface area contributed by atoms with Gasteiger partial charge in [0.15, 0.2) is 0 Å². The molecule has 0 N–H and O–H groups in total. The molecule has 0 bridgehead atoms. The summed E-state index contributed by atoms with van der Waals surface area (Å²) in [5.41, 5.74) is 11.8. The molecule has 0 aliphatic heterocycles. The SMILES string of the molecule is [2H]c1c([2H])c([2H])c(-c2ccc(-c3cccc(-n4c5ccccc5c5c6c7ccccc7n(-c7cccc(-c8ccccc8)c7)c6ccc54)c3)cc2)c([2H])c1[2H]. The van der Waals surface area contributed by atoms with Gasteiger partial charge in [0.25, 0.3) is 0 Å². The Bertz CT molecular complexity index is 3110. The highest BCUT2D eigenvalue weighted by Crippen LogP contribution is 2.43. The quantitative estimate of drug-likeness (QED) is 0.177. The summed E-state index contributed by atoms with van der Waals surface area (Å²) in [5, 5.41) is 4.80. The standard InChI is InChI=1S/C48H32N2/c1-3-13-33(14-4-1)35-25-27-36(28-26-35)38-18-12-20-40(32-38)50-44-24-10-8-22-42(44)48-46(50)30-29-45-47(48)41-21-7-9-23-43(41)49(45)39-19-11-17-37(31-39)34-15-5-2-6-16-34/h1-32H/i1D,3D,4D,13D,14D. The molecule has 0 amide bonds. The van der Waals surface area contributed by atoms with Crippen molar-refractivity contribution in [1.82, 2.24) is 9.13 Å². The normalized spacial score (nSPS) is 13.0. The zero-order chi connectivity index (χ0) is 37.4. The molecule has 50 heavy (non-hydrogen) atoms. The Kier molecular flexibility index (Phi) is 5.44. The van der Waals surface area contributed by atoms with Crippen LogP contribution in [0.1, 0.15) is 6.85 Å². The molecule has 0 aliphatic carbocycles. The zero-order valence-electron chi connectivity index (χ0n) is 32.0. The minimum atomic E-state index is -0.391. The number of hydrogen-bond donors (Lipinski definition) is 0. The molecule has 10 aromatic rings. The van der Waals surface area contributed by atoms with Crippen molar-refractivity contribution in [3.63, 3.8) is 0 Å². The van der Waals surface area contributed by atoms with Gasteiger partial charge >= 0.3 is 0 Å². The van der Waals surface area contributed by atoms with Crippen molar-refractivity contribution in [2.24, 2.45) is 0 Å². The third-order valence-corrected chi connectivity index (χ3v) is 9.79. The smallest absolute Gasteiger partial charge is 0.0629 e. The van der Waals surface area contributed by atoms with Crippen LogP contribution in [0.5, 0.6) is 0 Å². The number of aromatic nitrogens is 2. The van der Waals surface area contributed by atoms with Gasteiger partial charge in [0, 0.05) is 32.9 Å². The molecule has 0 fully saturated rings. The summed E-state index contributed by atoms with van der Waals surface area (Å²) in [6.45, 7) is 0. The fourth-order valence-electron chi connectivity index (χ4n) is 7.58. The summed E-state index contributed by atoms with van der Waals surface area (Å²) >= 11 is 0. The van der Waals surface area contributed by atoms with Gasteiger partial charge < -0.3 is 9.13 Å². The van der Waals surface area contributed by atoms with Crippen molar-refractivity contribution < 1.29 is 6.85 Å². The minimum absolute atomic E-state index is 0.202. The summed E-state index contributed by atoms with van der Waals surface area (Å²) in [5.74, 6) is 0. The lowest BCUT2D eigenvalue weighted by Gasteiger charge is -2.12. The first-order valence-corrected chi connectivity index (χ1v) is 16.8. The molecule has 2 heteroatoms. The van der Waals surface area contributed by atoms with Crippen molar-refractivity contribution in [3.8, 4) is 44.8 Å². The van der Waals surface area contributed by atoms with E-state index in [2.05, 4.69) is 143 Å². The van der Waals surface area contributed by atoms with Crippen LogP contribution in [0.25, 0.3) is 88.4 Å². The molecule has 0 atom stereocenters. The van der Waals surface area contributed by atoms with Gasteiger partial charge in [0.1, 0.15) is 0 Å². The second-order valence-electron chi connectivity index (χ2n) is 12.6. The Morgan fingerprint density at radius 3 is 1.30 bits per heavy atom. The van der Waals surface area contributed by atoms with Gasteiger partial charge in [0.2, 0.25) is 0 Å². The number of para-hydroxylation sites is 2. The number of hydrogen-bond acceptors (Lipinski definition) is 0. The molecule has 0 saturated carbocycles. The lowest BCUT2D eigenvalue weighted by Crippen LogP contribution is -1.95. The first-order valence-electron chi connectivity index (χ1n) is 19.3. The van der Waals surface area contributed by atoms with E-state index in [1.165, 1.54) is 32.7 Å². The van der Waals surface area contributed by atoms with Crippen LogP contribution in [-0.2, 0) is 0 Å². The van der Waals surface area contributed by atoms with E-state index in [4.69, 9.17) is 6.85 Å². The Balaban J connectivity index is 1.14. The average molecular weight is 642 g/mol. The lowest BCUT2D eigenvalue weighted by molar-refractivity contribution is 1.17. The van der Waals surface area contributed by atoms with Gasteiger partial charge in [-0.05, 0) is 81.9 Å². The summed E-state index contributed by atoms with van der Waals surface area (Å²) in [7, 11) is 0. The van der Waals surface area contributed by atoms with Crippen molar-refractivity contribution in [2.75, 3.05) is 0 Å². The van der Waals surface area contributed by atoms with E-state index in [9.17, 15) is 0 Å². The molecule has 0 spiro atoms.